The Labute approximate surface area is 313 Å². The van der Waals surface area contributed by atoms with Crippen LogP contribution in [0.2, 0.25) is 0 Å². The SMILES string of the molecule is CCCCCCCCOC1CC2C(C)(C)C2(Oc2cc(C(=O)Oc3ccc(C(=O)OC(C)CCCCCC)cc3)ccc2-c2ccccc2)CC1C. The Balaban J connectivity index is 1.25. The molecular weight excluding hydrogens is 648 g/mol. The summed E-state index contributed by atoms with van der Waals surface area (Å²) in [5.74, 6) is 0.924. The van der Waals surface area contributed by atoms with E-state index in [4.69, 9.17) is 18.9 Å². The Hall–Kier alpha value is -3.64. The number of hydrogen-bond acceptors (Lipinski definition) is 6. The van der Waals surface area contributed by atoms with E-state index in [-0.39, 0.29) is 29.2 Å². The Bertz CT molecular complexity index is 1580. The molecule has 0 radical (unpaired) electrons. The van der Waals surface area contributed by atoms with Gasteiger partial charge in [0.2, 0.25) is 0 Å². The average molecular weight is 711 g/mol. The molecule has 2 aliphatic carbocycles. The molecule has 282 valence electrons. The van der Waals surface area contributed by atoms with Crippen molar-refractivity contribution in [3.8, 4) is 22.6 Å². The maximum Gasteiger partial charge on any atom is 0.343 e. The third kappa shape index (κ3) is 9.66. The van der Waals surface area contributed by atoms with Gasteiger partial charge in [-0.25, -0.2) is 9.59 Å². The number of carbonyl (C=O) groups is 2. The second-order valence-corrected chi connectivity index (χ2v) is 15.9. The van der Waals surface area contributed by atoms with Gasteiger partial charge in [0, 0.05) is 23.5 Å². The van der Waals surface area contributed by atoms with Crippen LogP contribution in [-0.2, 0) is 9.47 Å². The lowest BCUT2D eigenvalue weighted by Gasteiger charge is -2.35. The number of carbonyl (C=O) groups excluding carboxylic acids is 2. The lowest BCUT2D eigenvalue weighted by atomic mass is 9.85. The van der Waals surface area contributed by atoms with Gasteiger partial charge in [0.1, 0.15) is 17.1 Å². The van der Waals surface area contributed by atoms with Crippen molar-refractivity contribution < 1.29 is 28.5 Å². The summed E-state index contributed by atoms with van der Waals surface area (Å²) < 4.78 is 25.1. The highest BCUT2D eigenvalue weighted by atomic mass is 16.5. The maximum absolute atomic E-state index is 13.5. The minimum absolute atomic E-state index is 0.0280. The summed E-state index contributed by atoms with van der Waals surface area (Å²) in [6.07, 6.45) is 15.0. The van der Waals surface area contributed by atoms with E-state index in [2.05, 4.69) is 46.8 Å². The van der Waals surface area contributed by atoms with Crippen molar-refractivity contribution in [3.05, 3.63) is 83.9 Å². The molecule has 0 bridgehead atoms. The minimum Gasteiger partial charge on any atom is -0.486 e. The van der Waals surface area contributed by atoms with E-state index in [1.807, 2.05) is 37.3 Å². The van der Waals surface area contributed by atoms with Crippen molar-refractivity contribution in [1.29, 1.82) is 0 Å². The fourth-order valence-corrected chi connectivity index (χ4v) is 8.26. The number of unbranched alkanes of at least 4 members (excludes halogenated alkanes) is 8. The second kappa shape index (κ2) is 18.4. The molecule has 0 aromatic heterocycles. The first-order valence-electron chi connectivity index (χ1n) is 20.1. The number of rotatable bonds is 20. The second-order valence-electron chi connectivity index (χ2n) is 15.9. The predicted octanol–water partition coefficient (Wildman–Crippen LogP) is 12.0. The first kappa shape index (κ1) is 39.6. The Morgan fingerprint density at radius 2 is 1.44 bits per heavy atom. The standard InChI is InChI=1S/C46H62O6/c1-7-9-11-13-14-19-29-49-40-31-42-45(5,6)46(42,32-33(40)3)52-41-30-37(25-28-39(41)35-21-17-15-18-22-35)44(48)51-38-26-23-36(24-27-38)43(47)50-34(4)20-16-12-10-8-2/h15,17-18,21-28,30,33-34,40,42H,7-14,16,19-20,29,31-32H2,1-6H3. The predicted molar refractivity (Wildman–Crippen MR) is 209 cm³/mol. The van der Waals surface area contributed by atoms with Gasteiger partial charge in [-0.15, -0.1) is 0 Å². The van der Waals surface area contributed by atoms with Crippen LogP contribution < -0.4 is 9.47 Å². The number of ether oxygens (including phenoxy) is 4. The molecule has 3 aromatic rings. The highest BCUT2D eigenvalue weighted by molar-refractivity contribution is 5.93. The monoisotopic (exact) mass is 710 g/mol. The summed E-state index contributed by atoms with van der Waals surface area (Å²) in [6.45, 7) is 14.1. The maximum atomic E-state index is 13.5. The molecule has 3 aromatic carbocycles. The van der Waals surface area contributed by atoms with E-state index in [1.165, 1.54) is 44.9 Å². The summed E-state index contributed by atoms with van der Waals surface area (Å²) in [5.41, 5.74) is 2.46. The van der Waals surface area contributed by atoms with Crippen molar-refractivity contribution in [2.75, 3.05) is 6.61 Å². The van der Waals surface area contributed by atoms with Gasteiger partial charge < -0.3 is 18.9 Å². The number of benzene rings is 3. The quantitative estimate of drug-likeness (QED) is 0.0660. The molecule has 0 aliphatic heterocycles. The molecule has 6 nitrogen and oxygen atoms in total. The molecule has 2 fully saturated rings. The van der Waals surface area contributed by atoms with Crippen LogP contribution in [0.1, 0.15) is 146 Å². The van der Waals surface area contributed by atoms with Crippen LogP contribution in [0.25, 0.3) is 11.1 Å². The summed E-state index contributed by atoms with van der Waals surface area (Å²) >= 11 is 0. The molecule has 0 N–H and O–H groups in total. The highest BCUT2D eigenvalue weighted by Gasteiger charge is 2.76. The molecule has 5 atom stereocenters. The van der Waals surface area contributed by atoms with Crippen LogP contribution in [0.15, 0.2) is 72.8 Å². The van der Waals surface area contributed by atoms with Gasteiger partial charge in [-0.2, -0.15) is 0 Å². The van der Waals surface area contributed by atoms with Gasteiger partial charge in [0.15, 0.2) is 0 Å². The Morgan fingerprint density at radius 3 is 2.15 bits per heavy atom. The number of fused-ring (bicyclic) bond motifs is 1. The lowest BCUT2D eigenvalue weighted by molar-refractivity contribution is -0.0377. The van der Waals surface area contributed by atoms with Gasteiger partial charge in [0.05, 0.1) is 23.3 Å². The third-order valence-electron chi connectivity index (χ3n) is 11.7. The first-order chi connectivity index (χ1) is 25.1. The van der Waals surface area contributed by atoms with Gasteiger partial charge in [-0.3, -0.25) is 0 Å². The smallest absolute Gasteiger partial charge is 0.343 e. The van der Waals surface area contributed by atoms with Crippen LogP contribution in [-0.4, -0.2) is 36.4 Å². The topological polar surface area (TPSA) is 71.1 Å². The van der Waals surface area contributed by atoms with Gasteiger partial charge >= 0.3 is 11.9 Å². The fourth-order valence-electron chi connectivity index (χ4n) is 8.26. The fraction of sp³-hybridized carbons (Fsp3) is 0.565. The first-order valence-corrected chi connectivity index (χ1v) is 20.1. The van der Waals surface area contributed by atoms with Crippen LogP contribution in [0.5, 0.6) is 11.5 Å². The van der Waals surface area contributed by atoms with E-state index in [1.54, 1.807) is 30.3 Å². The zero-order valence-electron chi connectivity index (χ0n) is 32.6. The van der Waals surface area contributed by atoms with E-state index in [0.717, 1.165) is 56.3 Å². The van der Waals surface area contributed by atoms with E-state index >= 15 is 0 Å². The van der Waals surface area contributed by atoms with Gasteiger partial charge in [-0.1, -0.05) is 116 Å². The molecule has 6 heteroatoms. The molecule has 2 saturated carbocycles. The summed E-state index contributed by atoms with van der Waals surface area (Å²) in [6, 6.07) is 22.4. The summed E-state index contributed by atoms with van der Waals surface area (Å²) in [5, 5.41) is 0. The molecule has 0 saturated heterocycles. The lowest BCUT2D eigenvalue weighted by Crippen LogP contribution is -2.38. The van der Waals surface area contributed by atoms with Crippen molar-refractivity contribution in [1.82, 2.24) is 0 Å². The van der Waals surface area contributed by atoms with Crippen molar-refractivity contribution in [2.24, 2.45) is 17.3 Å². The van der Waals surface area contributed by atoms with Crippen molar-refractivity contribution in [3.63, 3.8) is 0 Å². The van der Waals surface area contributed by atoms with Crippen molar-refractivity contribution in [2.45, 2.75) is 143 Å². The normalized spacial score (nSPS) is 22.2. The van der Waals surface area contributed by atoms with Crippen LogP contribution >= 0.6 is 0 Å². The van der Waals surface area contributed by atoms with Crippen LogP contribution in [0.3, 0.4) is 0 Å². The van der Waals surface area contributed by atoms with Crippen molar-refractivity contribution >= 4 is 11.9 Å². The van der Waals surface area contributed by atoms with Gasteiger partial charge in [0.25, 0.3) is 0 Å². The largest absolute Gasteiger partial charge is 0.486 e. The number of esters is 2. The Kier molecular flexibility index (Phi) is 14.0. The highest BCUT2D eigenvalue weighted by Crippen LogP contribution is 2.71. The van der Waals surface area contributed by atoms with Gasteiger partial charge in [-0.05, 0) is 93.0 Å². The molecular formula is C46H62O6. The minimum atomic E-state index is -0.482. The van der Waals surface area contributed by atoms with Crippen LogP contribution in [0, 0.1) is 17.3 Å². The molecule has 2 aliphatic rings. The van der Waals surface area contributed by atoms with E-state index < -0.39 is 5.97 Å². The van der Waals surface area contributed by atoms with Crippen LogP contribution in [0.4, 0.5) is 0 Å². The summed E-state index contributed by atoms with van der Waals surface area (Å²) in [7, 11) is 0. The number of hydrogen-bond donors (Lipinski definition) is 0. The molecule has 0 amide bonds. The molecule has 5 rings (SSSR count). The molecule has 52 heavy (non-hydrogen) atoms. The summed E-state index contributed by atoms with van der Waals surface area (Å²) in [4.78, 5) is 26.3. The average Bonchev–Trinajstić information content (AvgIpc) is 3.60. The Morgan fingerprint density at radius 1 is 0.788 bits per heavy atom. The zero-order valence-corrected chi connectivity index (χ0v) is 32.6. The molecule has 0 spiro atoms. The van der Waals surface area contributed by atoms with E-state index in [9.17, 15) is 9.59 Å². The molecule has 0 heterocycles. The zero-order chi connectivity index (χ0) is 37.1. The van der Waals surface area contributed by atoms with E-state index in [0.29, 0.717) is 34.5 Å². The molecule has 5 unspecified atom stereocenters. The third-order valence-corrected chi connectivity index (χ3v) is 11.7.